The molecule has 2 N–H and O–H groups in total. The number of H-pyrrole nitrogens is 1. The minimum Gasteiger partial charge on any atom is -0.494 e. The molecule has 0 atom stereocenters. The molecule has 142 valence electrons. The van der Waals surface area contributed by atoms with E-state index in [1.807, 2.05) is 67.6 Å². The van der Waals surface area contributed by atoms with Gasteiger partial charge in [0.15, 0.2) is 0 Å². The molecule has 0 fully saturated rings. The lowest BCUT2D eigenvalue weighted by Gasteiger charge is -2.03. The zero-order valence-electron chi connectivity index (χ0n) is 15.2. The van der Waals surface area contributed by atoms with Crippen LogP contribution >= 0.6 is 15.9 Å². The zero-order chi connectivity index (χ0) is 19.8. The van der Waals surface area contributed by atoms with Gasteiger partial charge in [-0.05, 0) is 52.7 Å². The fraction of sp³-hybridized carbons (Fsp3) is 0.0952. The molecule has 1 amide bonds. The third kappa shape index (κ3) is 5.40. The van der Waals surface area contributed by atoms with Crippen LogP contribution in [0.1, 0.15) is 23.0 Å². The molecule has 0 radical (unpaired) electrons. The highest BCUT2D eigenvalue weighted by atomic mass is 79.9. The van der Waals surface area contributed by atoms with Crippen molar-refractivity contribution < 1.29 is 9.53 Å². The Kier molecular flexibility index (Phi) is 6.75. The van der Waals surface area contributed by atoms with E-state index in [0.29, 0.717) is 18.0 Å². The second kappa shape index (κ2) is 9.66. The van der Waals surface area contributed by atoms with Gasteiger partial charge >= 0.3 is 0 Å². The van der Waals surface area contributed by atoms with Gasteiger partial charge in [0.1, 0.15) is 11.4 Å². The largest absolute Gasteiger partial charge is 0.494 e. The van der Waals surface area contributed by atoms with E-state index in [4.69, 9.17) is 4.74 Å². The summed E-state index contributed by atoms with van der Waals surface area (Å²) in [4.78, 5) is 12.2. The third-order valence-electron chi connectivity index (χ3n) is 3.72. The number of nitrogens with zero attached hydrogens (tertiary/aromatic N) is 2. The van der Waals surface area contributed by atoms with Gasteiger partial charge in [-0.25, -0.2) is 5.43 Å². The molecule has 7 heteroatoms. The van der Waals surface area contributed by atoms with Gasteiger partial charge < -0.3 is 4.74 Å². The lowest BCUT2D eigenvalue weighted by Crippen LogP contribution is -2.17. The molecule has 3 rings (SSSR count). The van der Waals surface area contributed by atoms with Crippen LogP contribution in [0.2, 0.25) is 0 Å². The number of rotatable bonds is 7. The van der Waals surface area contributed by atoms with E-state index >= 15 is 0 Å². The van der Waals surface area contributed by atoms with Gasteiger partial charge in [-0.3, -0.25) is 9.89 Å². The number of carbonyl (C=O) groups is 1. The second-order valence-corrected chi connectivity index (χ2v) is 6.68. The fourth-order valence-corrected chi connectivity index (χ4v) is 2.82. The van der Waals surface area contributed by atoms with Gasteiger partial charge in [0, 0.05) is 10.0 Å². The maximum Gasteiger partial charge on any atom is 0.289 e. The number of carbonyl (C=O) groups excluding carboxylic acids is 1. The first-order valence-electron chi connectivity index (χ1n) is 8.70. The summed E-state index contributed by atoms with van der Waals surface area (Å²) in [5.74, 6) is 0.379. The van der Waals surface area contributed by atoms with Crippen LogP contribution in [0.5, 0.6) is 5.75 Å². The van der Waals surface area contributed by atoms with E-state index in [2.05, 4.69) is 36.7 Å². The van der Waals surface area contributed by atoms with Crippen LogP contribution in [0.15, 0.2) is 70.2 Å². The van der Waals surface area contributed by atoms with E-state index in [0.717, 1.165) is 21.4 Å². The van der Waals surface area contributed by atoms with Crippen LogP contribution in [-0.4, -0.2) is 28.9 Å². The Labute approximate surface area is 171 Å². The minimum atomic E-state index is -0.379. The molecule has 1 heterocycles. The first-order chi connectivity index (χ1) is 13.7. The Morgan fingerprint density at radius 2 is 2.04 bits per heavy atom. The number of benzene rings is 2. The molecule has 2 aromatic carbocycles. The first kappa shape index (κ1) is 19.6. The van der Waals surface area contributed by atoms with Gasteiger partial charge in [-0.15, -0.1) is 0 Å². The van der Waals surface area contributed by atoms with E-state index in [1.54, 1.807) is 6.07 Å². The highest BCUT2D eigenvalue weighted by Crippen LogP contribution is 2.22. The molecular weight excluding hydrogens is 420 g/mol. The molecule has 0 saturated carbocycles. The monoisotopic (exact) mass is 438 g/mol. The molecule has 0 unspecified atom stereocenters. The highest BCUT2D eigenvalue weighted by molar-refractivity contribution is 9.12. The average Bonchev–Trinajstić information content (AvgIpc) is 3.20. The number of ether oxygens (including phenoxy) is 1. The number of hydrogen-bond donors (Lipinski definition) is 2. The molecule has 0 aliphatic heterocycles. The quantitative estimate of drug-likeness (QED) is 0.416. The molecule has 1 aromatic heterocycles. The maximum absolute atomic E-state index is 12.2. The van der Waals surface area contributed by atoms with E-state index in [-0.39, 0.29) is 5.91 Å². The predicted molar refractivity (Wildman–Crippen MR) is 114 cm³/mol. The molecule has 0 aliphatic carbocycles. The number of aromatic amines is 1. The van der Waals surface area contributed by atoms with Crippen molar-refractivity contribution in [2.24, 2.45) is 5.10 Å². The second-order valence-electron chi connectivity index (χ2n) is 5.77. The molecule has 3 aromatic rings. The number of nitrogens with one attached hydrogen (secondary N) is 2. The van der Waals surface area contributed by atoms with E-state index in [1.165, 1.54) is 6.21 Å². The van der Waals surface area contributed by atoms with Gasteiger partial charge in [0.05, 0.1) is 18.5 Å². The number of hydrogen-bond acceptors (Lipinski definition) is 4. The topological polar surface area (TPSA) is 79.4 Å². The lowest BCUT2D eigenvalue weighted by atomic mass is 10.1. The van der Waals surface area contributed by atoms with E-state index in [9.17, 15) is 4.79 Å². The summed E-state index contributed by atoms with van der Waals surface area (Å²) in [5, 5.41) is 10.9. The van der Waals surface area contributed by atoms with Crippen LogP contribution in [0.25, 0.3) is 17.3 Å². The lowest BCUT2D eigenvalue weighted by molar-refractivity contribution is 0.0950. The van der Waals surface area contributed by atoms with Crippen LogP contribution in [0, 0.1) is 0 Å². The van der Waals surface area contributed by atoms with Crippen molar-refractivity contribution in [2.45, 2.75) is 6.92 Å². The van der Waals surface area contributed by atoms with Crippen LogP contribution in [-0.2, 0) is 0 Å². The normalized spacial score (nSPS) is 11.6. The van der Waals surface area contributed by atoms with Crippen molar-refractivity contribution in [2.75, 3.05) is 6.61 Å². The summed E-state index contributed by atoms with van der Waals surface area (Å²) in [6, 6.07) is 19.0. The number of amides is 1. The molecule has 0 saturated heterocycles. The Morgan fingerprint density at radius 1 is 1.21 bits per heavy atom. The zero-order valence-corrected chi connectivity index (χ0v) is 16.8. The van der Waals surface area contributed by atoms with Crippen molar-refractivity contribution in [3.05, 3.63) is 76.4 Å². The molecule has 6 nitrogen and oxygen atoms in total. The Balaban J connectivity index is 1.63. The number of aromatic nitrogens is 2. The maximum atomic E-state index is 12.2. The van der Waals surface area contributed by atoms with Gasteiger partial charge in [0.25, 0.3) is 5.91 Å². The van der Waals surface area contributed by atoms with Crippen molar-refractivity contribution >= 4 is 34.1 Å². The summed E-state index contributed by atoms with van der Waals surface area (Å²) in [6.07, 6.45) is 3.42. The first-order valence-corrected chi connectivity index (χ1v) is 9.49. The highest BCUT2D eigenvalue weighted by Gasteiger charge is 2.11. The Bertz CT molecular complexity index is 996. The summed E-state index contributed by atoms with van der Waals surface area (Å²) >= 11 is 3.40. The van der Waals surface area contributed by atoms with Crippen molar-refractivity contribution in [3.8, 4) is 17.0 Å². The summed E-state index contributed by atoms with van der Waals surface area (Å²) in [7, 11) is 0. The van der Waals surface area contributed by atoms with E-state index < -0.39 is 0 Å². The van der Waals surface area contributed by atoms with Crippen molar-refractivity contribution in [1.29, 1.82) is 0 Å². The third-order valence-corrected chi connectivity index (χ3v) is 4.16. The van der Waals surface area contributed by atoms with Gasteiger partial charge in [-0.1, -0.05) is 42.5 Å². The number of hydrazone groups is 1. The minimum absolute atomic E-state index is 0.317. The van der Waals surface area contributed by atoms with Crippen LogP contribution < -0.4 is 10.2 Å². The fourth-order valence-electron chi connectivity index (χ4n) is 2.46. The smallest absolute Gasteiger partial charge is 0.289 e. The average molecular weight is 439 g/mol. The van der Waals surface area contributed by atoms with Gasteiger partial charge in [-0.2, -0.15) is 10.2 Å². The van der Waals surface area contributed by atoms with Crippen molar-refractivity contribution in [1.82, 2.24) is 15.6 Å². The summed E-state index contributed by atoms with van der Waals surface area (Å²) in [6.45, 7) is 2.52. The molecular formula is C21H19BrN4O2. The standard InChI is InChI=1S/C21H19BrN4O2/c1-2-28-18-10-6-9-16(12-18)19-13-20(25-24-19)21(27)26-23-14-17(22)11-15-7-4-3-5-8-15/h3-14H,2H2,1H3,(H,24,25)(H,26,27). The Morgan fingerprint density at radius 3 is 2.82 bits per heavy atom. The summed E-state index contributed by atoms with van der Waals surface area (Å²) < 4.78 is 6.23. The molecule has 28 heavy (non-hydrogen) atoms. The van der Waals surface area contributed by atoms with Crippen LogP contribution in [0.3, 0.4) is 0 Å². The SMILES string of the molecule is CCOc1cccc(-c2cc(C(=O)NN=CC(Br)=Cc3ccccc3)[nH]n2)c1. The molecule has 0 bridgehead atoms. The molecule has 0 spiro atoms. The van der Waals surface area contributed by atoms with Crippen molar-refractivity contribution in [3.63, 3.8) is 0 Å². The van der Waals surface area contributed by atoms with Crippen LogP contribution in [0.4, 0.5) is 0 Å². The molecule has 0 aliphatic rings. The summed E-state index contributed by atoms with van der Waals surface area (Å²) in [5.41, 5.74) is 5.33. The van der Waals surface area contributed by atoms with Gasteiger partial charge in [0.2, 0.25) is 0 Å². The number of allylic oxidation sites excluding steroid dienone is 1. The number of halogens is 1. The Hall–Kier alpha value is -3.19. The predicted octanol–water partition coefficient (Wildman–Crippen LogP) is 4.63.